The summed E-state index contributed by atoms with van der Waals surface area (Å²) in [7, 11) is -3.65. The van der Waals surface area contributed by atoms with Crippen LogP contribution in [0.2, 0.25) is 10.0 Å². The van der Waals surface area contributed by atoms with Gasteiger partial charge in [-0.1, -0.05) is 29.3 Å². The van der Waals surface area contributed by atoms with Gasteiger partial charge in [-0.25, -0.2) is 17.6 Å². The molecule has 1 N–H and O–H groups in total. The molecular weight excluding hydrogens is 426 g/mol. The van der Waals surface area contributed by atoms with Crippen LogP contribution in [0.5, 0.6) is 0 Å². The van der Waals surface area contributed by atoms with Gasteiger partial charge in [0.2, 0.25) is 0 Å². The van der Waals surface area contributed by atoms with E-state index >= 15 is 0 Å². The van der Waals surface area contributed by atoms with Gasteiger partial charge in [-0.2, -0.15) is 0 Å². The number of carbonyl (C=O) groups excluding carboxylic acids is 1. The smallest absolute Gasteiger partial charge is 0.317 e. The second kappa shape index (κ2) is 8.68. The monoisotopic (exact) mass is 444 g/mol. The van der Waals surface area contributed by atoms with Gasteiger partial charge in [-0.3, -0.25) is 0 Å². The molecule has 2 amide bonds. The van der Waals surface area contributed by atoms with Gasteiger partial charge in [0.1, 0.15) is 5.82 Å². The van der Waals surface area contributed by atoms with E-state index in [1.165, 1.54) is 17.0 Å². The lowest BCUT2D eigenvalue weighted by atomic mass is 10.1. The van der Waals surface area contributed by atoms with Gasteiger partial charge in [0.25, 0.3) is 0 Å². The van der Waals surface area contributed by atoms with Crippen molar-refractivity contribution in [3.63, 3.8) is 0 Å². The number of carbonyl (C=O) groups is 1. The number of nitrogens with zero attached hydrogens (tertiary/aromatic N) is 1. The number of amides is 2. The predicted molar refractivity (Wildman–Crippen MR) is 107 cm³/mol. The molecule has 2 aromatic rings. The lowest BCUT2D eigenvalue weighted by Gasteiger charge is -2.32. The Bertz CT molecular complexity index is 968. The zero-order chi connectivity index (χ0) is 20.3. The third-order valence-electron chi connectivity index (χ3n) is 4.69. The summed E-state index contributed by atoms with van der Waals surface area (Å²) in [5.41, 5.74) is 0.715. The van der Waals surface area contributed by atoms with Crippen molar-refractivity contribution in [2.75, 3.05) is 13.1 Å². The number of nitrogens with one attached hydrogen (secondary N) is 1. The first-order valence-corrected chi connectivity index (χ1v) is 11.0. The molecular formula is C19H19Cl2FN2O3S. The Hall–Kier alpha value is -1.83. The zero-order valence-electron chi connectivity index (χ0n) is 14.9. The molecule has 0 radical (unpaired) electrons. The van der Waals surface area contributed by atoms with Gasteiger partial charge in [0.05, 0.1) is 10.1 Å². The van der Waals surface area contributed by atoms with Crippen LogP contribution in [0.3, 0.4) is 0 Å². The van der Waals surface area contributed by atoms with Gasteiger partial charge in [0.15, 0.2) is 9.84 Å². The van der Waals surface area contributed by atoms with Crippen molar-refractivity contribution in [1.29, 1.82) is 0 Å². The normalized spacial score (nSPS) is 17.4. The van der Waals surface area contributed by atoms with E-state index in [1.54, 1.807) is 18.2 Å². The molecule has 1 fully saturated rings. The van der Waals surface area contributed by atoms with Crippen molar-refractivity contribution in [2.24, 2.45) is 0 Å². The summed E-state index contributed by atoms with van der Waals surface area (Å²) in [6.07, 6.45) is 1.02. The van der Waals surface area contributed by atoms with E-state index in [0.29, 0.717) is 35.0 Å². The third-order valence-corrected chi connectivity index (χ3v) is 7.47. The first-order valence-electron chi connectivity index (χ1n) is 8.73. The first kappa shape index (κ1) is 20.9. The molecule has 1 unspecified atom stereocenters. The fourth-order valence-electron chi connectivity index (χ4n) is 3.14. The quantitative estimate of drug-likeness (QED) is 0.715. The van der Waals surface area contributed by atoms with Crippen LogP contribution in [0, 0.1) is 5.82 Å². The second-order valence-corrected chi connectivity index (χ2v) is 9.68. The molecule has 0 aliphatic carbocycles. The highest BCUT2D eigenvalue weighted by Crippen LogP contribution is 2.25. The van der Waals surface area contributed by atoms with Crippen LogP contribution in [-0.4, -0.2) is 37.7 Å². The number of likely N-dealkylation sites (tertiary alicyclic amines) is 1. The third kappa shape index (κ3) is 4.77. The van der Waals surface area contributed by atoms with Gasteiger partial charge in [-0.15, -0.1) is 0 Å². The fourth-order valence-corrected chi connectivity index (χ4v) is 5.37. The lowest BCUT2D eigenvalue weighted by molar-refractivity contribution is 0.186. The molecule has 1 saturated heterocycles. The fraction of sp³-hybridized carbons (Fsp3) is 0.316. The molecule has 2 aromatic carbocycles. The second-order valence-electron chi connectivity index (χ2n) is 6.60. The summed E-state index contributed by atoms with van der Waals surface area (Å²) in [6, 6.07) is 9.40. The Morgan fingerprint density at radius 3 is 2.57 bits per heavy atom. The molecule has 1 aliphatic rings. The number of urea groups is 1. The van der Waals surface area contributed by atoms with Crippen molar-refractivity contribution >= 4 is 39.1 Å². The minimum absolute atomic E-state index is 0.0640. The van der Waals surface area contributed by atoms with Crippen LogP contribution >= 0.6 is 23.2 Å². The van der Waals surface area contributed by atoms with Crippen LogP contribution in [0.4, 0.5) is 9.18 Å². The maximum absolute atomic E-state index is 13.1. The van der Waals surface area contributed by atoms with E-state index in [0.717, 1.165) is 12.1 Å². The number of halogens is 3. The average molecular weight is 445 g/mol. The Labute approximate surface area is 173 Å². The molecule has 1 atom stereocenters. The van der Waals surface area contributed by atoms with E-state index in [1.807, 2.05) is 0 Å². The summed E-state index contributed by atoms with van der Waals surface area (Å²) >= 11 is 12.0. The van der Waals surface area contributed by atoms with Gasteiger partial charge in [0, 0.05) is 29.7 Å². The standard InChI is InChI=1S/C19H19Cl2FN2O3S/c20-14-4-3-13(18(21)10-14)11-23-19(25)24-9-1-2-17(12-24)28(26,27)16-7-5-15(22)6-8-16/h3-8,10,17H,1-2,9,11-12H2,(H,23,25). The van der Waals surface area contributed by atoms with Crippen molar-refractivity contribution in [2.45, 2.75) is 29.5 Å². The molecule has 1 heterocycles. The number of hydrogen-bond acceptors (Lipinski definition) is 3. The zero-order valence-corrected chi connectivity index (χ0v) is 17.2. The molecule has 5 nitrogen and oxygen atoms in total. The van der Waals surface area contributed by atoms with Gasteiger partial charge in [-0.05, 0) is 54.8 Å². The summed E-state index contributed by atoms with van der Waals surface area (Å²) in [5, 5.41) is 2.99. The Kier molecular flexibility index (Phi) is 6.47. The molecule has 3 rings (SSSR count). The topological polar surface area (TPSA) is 66.5 Å². The van der Waals surface area contributed by atoms with Crippen molar-refractivity contribution < 1.29 is 17.6 Å². The molecule has 1 aliphatic heterocycles. The molecule has 9 heteroatoms. The summed E-state index contributed by atoms with van der Waals surface area (Å²) in [5.74, 6) is -0.496. The van der Waals surface area contributed by atoms with Gasteiger partial charge >= 0.3 is 6.03 Å². The van der Waals surface area contributed by atoms with E-state index in [4.69, 9.17) is 23.2 Å². The highest BCUT2D eigenvalue weighted by molar-refractivity contribution is 7.92. The van der Waals surface area contributed by atoms with Crippen LogP contribution in [-0.2, 0) is 16.4 Å². The Morgan fingerprint density at radius 2 is 1.89 bits per heavy atom. The minimum atomic E-state index is -3.65. The maximum Gasteiger partial charge on any atom is 0.317 e. The molecule has 150 valence electrons. The minimum Gasteiger partial charge on any atom is -0.334 e. The van der Waals surface area contributed by atoms with Crippen LogP contribution in [0.1, 0.15) is 18.4 Å². The van der Waals surface area contributed by atoms with Crippen LogP contribution < -0.4 is 5.32 Å². The molecule has 0 aromatic heterocycles. The number of benzene rings is 2. The van der Waals surface area contributed by atoms with Crippen molar-refractivity contribution in [3.05, 3.63) is 63.9 Å². The largest absolute Gasteiger partial charge is 0.334 e. The SMILES string of the molecule is O=C(NCc1ccc(Cl)cc1Cl)N1CCCC(S(=O)(=O)c2ccc(F)cc2)C1. The number of hydrogen-bond donors (Lipinski definition) is 1. The van der Waals surface area contributed by atoms with E-state index in [2.05, 4.69) is 5.32 Å². The predicted octanol–water partition coefficient (Wildman–Crippen LogP) is 4.28. The summed E-state index contributed by atoms with van der Waals surface area (Å²) < 4.78 is 38.7. The number of sulfone groups is 1. The van der Waals surface area contributed by atoms with Crippen LogP contribution in [0.25, 0.3) is 0 Å². The molecule has 28 heavy (non-hydrogen) atoms. The summed E-state index contributed by atoms with van der Waals surface area (Å²) in [6.45, 7) is 0.760. The summed E-state index contributed by atoms with van der Waals surface area (Å²) in [4.78, 5) is 14.1. The van der Waals surface area contributed by atoms with Crippen molar-refractivity contribution in [3.8, 4) is 0 Å². The van der Waals surface area contributed by atoms with Crippen LogP contribution in [0.15, 0.2) is 47.4 Å². The number of piperidine rings is 1. The van der Waals surface area contributed by atoms with E-state index in [-0.39, 0.29) is 24.0 Å². The number of rotatable bonds is 4. The molecule has 0 bridgehead atoms. The molecule has 0 spiro atoms. The average Bonchev–Trinajstić information content (AvgIpc) is 2.67. The molecule has 0 saturated carbocycles. The maximum atomic E-state index is 13.1. The van der Waals surface area contributed by atoms with E-state index in [9.17, 15) is 17.6 Å². The Morgan fingerprint density at radius 1 is 1.18 bits per heavy atom. The highest BCUT2D eigenvalue weighted by Gasteiger charge is 2.33. The lowest BCUT2D eigenvalue weighted by Crippen LogP contribution is -2.48. The Balaban J connectivity index is 1.65. The van der Waals surface area contributed by atoms with E-state index < -0.39 is 20.9 Å². The van der Waals surface area contributed by atoms with Crippen molar-refractivity contribution in [1.82, 2.24) is 10.2 Å². The van der Waals surface area contributed by atoms with Gasteiger partial charge < -0.3 is 10.2 Å². The highest BCUT2D eigenvalue weighted by atomic mass is 35.5. The first-order chi connectivity index (χ1) is 13.3.